The fraction of sp³-hybridized carbons (Fsp3) is 1.00. The Bertz CT molecular complexity index is 240. The van der Waals surface area contributed by atoms with Crippen molar-refractivity contribution in [3.8, 4) is 0 Å². The van der Waals surface area contributed by atoms with E-state index >= 15 is 0 Å². The van der Waals surface area contributed by atoms with Crippen molar-refractivity contribution in [1.82, 2.24) is 5.32 Å². The van der Waals surface area contributed by atoms with Gasteiger partial charge in [0.15, 0.2) is 0 Å². The molecule has 3 unspecified atom stereocenters. The van der Waals surface area contributed by atoms with Gasteiger partial charge in [-0.15, -0.1) is 0 Å². The van der Waals surface area contributed by atoms with Crippen LogP contribution >= 0.6 is 0 Å². The largest absolute Gasteiger partial charge is 0.393 e. The summed E-state index contributed by atoms with van der Waals surface area (Å²) < 4.78 is 38.9. The van der Waals surface area contributed by atoms with Crippen molar-refractivity contribution < 1.29 is 13.2 Å². The fourth-order valence-electron chi connectivity index (χ4n) is 3.03. The first kappa shape index (κ1) is 16.8. The second kappa shape index (κ2) is 8.13. The summed E-state index contributed by atoms with van der Waals surface area (Å²) in [5.41, 5.74) is 0. The molecule has 0 aromatic rings. The van der Waals surface area contributed by atoms with Crippen LogP contribution < -0.4 is 5.32 Å². The van der Waals surface area contributed by atoms with Gasteiger partial charge in [0, 0.05) is 6.04 Å². The minimum absolute atomic E-state index is 0.299. The van der Waals surface area contributed by atoms with Gasteiger partial charge in [-0.05, 0) is 31.7 Å². The van der Waals surface area contributed by atoms with Crippen molar-refractivity contribution >= 4 is 0 Å². The molecule has 0 spiro atoms. The summed E-state index contributed by atoms with van der Waals surface area (Å²) in [4.78, 5) is 0. The first-order chi connectivity index (χ1) is 8.99. The number of rotatable bonds is 7. The molecule has 0 aromatic carbocycles. The smallest absolute Gasteiger partial charge is 0.313 e. The van der Waals surface area contributed by atoms with E-state index in [0.29, 0.717) is 18.8 Å². The maximum Gasteiger partial charge on any atom is 0.393 e. The van der Waals surface area contributed by atoms with Crippen molar-refractivity contribution in [3.05, 3.63) is 0 Å². The zero-order valence-corrected chi connectivity index (χ0v) is 12.2. The Labute approximate surface area is 115 Å². The lowest BCUT2D eigenvalue weighted by Gasteiger charge is -2.34. The minimum atomic E-state index is -4.04. The molecule has 1 N–H and O–H groups in total. The third-order valence-electron chi connectivity index (χ3n) is 4.40. The number of unbranched alkanes of at least 4 members (excludes halogenated alkanes) is 1. The molecule has 0 radical (unpaired) electrons. The lowest BCUT2D eigenvalue weighted by Crippen LogP contribution is -2.46. The zero-order valence-electron chi connectivity index (χ0n) is 12.2. The van der Waals surface area contributed by atoms with Gasteiger partial charge in [0.1, 0.15) is 0 Å². The van der Waals surface area contributed by atoms with Crippen LogP contribution in [0.25, 0.3) is 0 Å². The highest BCUT2D eigenvalue weighted by molar-refractivity contribution is 4.86. The summed E-state index contributed by atoms with van der Waals surface area (Å²) in [6, 6.07) is -0.357. The van der Waals surface area contributed by atoms with E-state index in [0.717, 1.165) is 38.6 Å². The zero-order chi connectivity index (χ0) is 14.3. The second-order valence-corrected chi connectivity index (χ2v) is 5.86. The molecule has 19 heavy (non-hydrogen) atoms. The van der Waals surface area contributed by atoms with Crippen LogP contribution in [0, 0.1) is 11.8 Å². The van der Waals surface area contributed by atoms with Gasteiger partial charge in [0.25, 0.3) is 0 Å². The van der Waals surface area contributed by atoms with Crippen molar-refractivity contribution in [2.24, 2.45) is 11.8 Å². The molecule has 1 nitrogen and oxygen atoms in total. The highest BCUT2D eigenvalue weighted by atomic mass is 19.4. The highest BCUT2D eigenvalue weighted by Crippen LogP contribution is 2.37. The van der Waals surface area contributed by atoms with E-state index < -0.39 is 12.1 Å². The maximum absolute atomic E-state index is 13.0. The van der Waals surface area contributed by atoms with E-state index in [-0.39, 0.29) is 6.04 Å². The first-order valence-electron chi connectivity index (χ1n) is 7.79. The Morgan fingerprint density at radius 2 is 1.84 bits per heavy atom. The molecule has 3 atom stereocenters. The lowest BCUT2D eigenvalue weighted by atomic mass is 9.83. The molecule has 0 aromatic heterocycles. The third-order valence-corrected chi connectivity index (χ3v) is 4.40. The predicted octanol–water partition coefficient (Wildman–Crippen LogP) is 4.91. The minimum Gasteiger partial charge on any atom is -0.313 e. The lowest BCUT2D eigenvalue weighted by molar-refractivity contribution is -0.189. The number of hydrogen-bond acceptors (Lipinski definition) is 1. The average Bonchev–Trinajstić information content (AvgIpc) is 2.38. The molecular weight excluding hydrogens is 251 g/mol. The number of nitrogens with one attached hydrogen (secondary N) is 1. The Hall–Kier alpha value is -0.250. The van der Waals surface area contributed by atoms with Crippen molar-refractivity contribution in [2.45, 2.75) is 77.4 Å². The number of halogens is 3. The van der Waals surface area contributed by atoms with E-state index in [9.17, 15) is 13.2 Å². The molecule has 1 rings (SSSR count). The summed E-state index contributed by atoms with van der Waals surface area (Å²) in [7, 11) is 0. The normalized spacial score (nSPS) is 26.4. The monoisotopic (exact) mass is 279 g/mol. The van der Waals surface area contributed by atoms with E-state index in [1.54, 1.807) is 0 Å². The van der Waals surface area contributed by atoms with Gasteiger partial charge in [0.05, 0.1) is 5.92 Å². The Morgan fingerprint density at radius 3 is 2.42 bits per heavy atom. The number of alkyl halides is 3. The quantitative estimate of drug-likeness (QED) is 0.698. The summed E-state index contributed by atoms with van der Waals surface area (Å²) in [5, 5.41) is 3.22. The SMILES string of the molecule is CCCCC(CC)CNC1CCCCC1C(F)(F)F. The van der Waals surface area contributed by atoms with Crippen LogP contribution in [0.4, 0.5) is 13.2 Å². The van der Waals surface area contributed by atoms with E-state index in [2.05, 4.69) is 19.2 Å². The first-order valence-corrected chi connectivity index (χ1v) is 7.79. The van der Waals surface area contributed by atoms with Gasteiger partial charge < -0.3 is 5.32 Å². The summed E-state index contributed by atoms with van der Waals surface area (Å²) in [6.07, 6.45) is 3.09. The van der Waals surface area contributed by atoms with Gasteiger partial charge in [-0.25, -0.2) is 0 Å². The summed E-state index contributed by atoms with van der Waals surface area (Å²) in [5.74, 6) is -0.610. The third kappa shape index (κ3) is 5.72. The molecule has 0 bridgehead atoms. The van der Waals surface area contributed by atoms with Gasteiger partial charge in [0.2, 0.25) is 0 Å². The average molecular weight is 279 g/mol. The van der Waals surface area contributed by atoms with Gasteiger partial charge in [-0.1, -0.05) is 46.0 Å². The molecule has 1 aliphatic carbocycles. The maximum atomic E-state index is 13.0. The van der Waals surface area contributed by atoms with Crippen LogP contribution in [-0.2, 0) is 0 Å². The molecule has 114 valence electrons. The predicted molar refractivity (Wildman–Crippen MR) is 73.1 cm³/mol. The van der Waals surface area contributed by atoms with Crippen LogP contribution in [0.3, 0.4) is 0 Å². The fourth-order valence-corrected chi connectivity index (χ4v) is 3.03. The molecule has 0 saturated heterocycles. The van der Waals surface area contributed by atoms with Crippen molar-refractivity contribution in [3.63, 3.8) is 0 Å². The molecular formula is C15H28F3N. The standard InChI is InChI=1S/C15H28F3N/c1-3-5-8-12(4-2)11-19-14-10-7-6-9-13(14)15(16,17)18/h12-14,19H,3-11H2,1-2H3. The Kier molecular flexibility index (Phi) is 7.19. The topological polar surface area (TPSA) is 12.0 Å². The molecule has 4 heteroatoms. The molecule has 0 aliphatic heterocycles. The van der Waals surface area contributed by atoms with Crippen LogP contribution in [-0.4, -0.2) is 18.8 Å². The molecule has 1 saturated carbocycles. The van der Waals surface area contributed by atoms with E-state index in [1.165, 1.54) is 6.42 Å². The summed E-state index contributed by atoms with van der Waals surface area (Å²) >= 11 is 0. The molecule has 0 amide bonds. The van der Waals surface area contributed by atoms with Crippen LogP contribution in [0.2, 0.25) is 0 Å². The van der Waals surface area contributed by atoms with E-state index in [4.69, 9.17) is 0 Å². The van der Waals surface area contributed by atoms with Crippen molar-refractivity contribution in [1.29, 1.82) is 0 Å². The van der Waals surface area contributed by atoms with E-state index in [1.807, 2.05) is 0 Å². The number of hydrogen-bond donors (Lipinski definition) is 1. The summed E-state index contributed by atoms with van der Waals surface area (Å²) in [6.45, 7) is 5.03. The van der Waals surface area contributed by atoms with Crippen LogP contribution in [0.15, 0.2) is 0 Å². The Morgan fingerprint density at radius 1 is 1.16 bits per heavy atom. The Balaban J connectivity index is 2.44. The molecule has 1 fully saturated rings. The highest BCUT2D eigenvalue weighted by Gasteiger charge is 2.45. The van der Waals surface area contributed by atoms with Crippen LogP contribution in [0.5, 0.6) is 0 Å². The van der Waals surface area contributed by atoms with Crippen LogP contribution in [0.1, 0.15) is 65.2 Å². The van der Waals surface area contributed by atoms with Gasteiger partial charge >= 0.3 is 6.18 Å². The molecule has 1 aliphatic rings. The van der Waals surface area contributed by atoms with Crippen molar-refractivity contribution in [2.75, 3.05) is 6.54 Å². The second-order valence-electron chi connectivity index (χ2n) is 5.86. The van der Waals surface area contributed by atoms with Gasteiger partial charge in [-0.3, -0.25) is 0 Å². The molecule has 0 heterocycles. The van der Waals surface area contributed by atoms with Gasteiger partial charge in [-0.2, -0.15) is 13.2 Å².